The zero-order valence-electron chi connectivity index (χ0n) is 9.21. The first-order valence-corrected chi connectivity index (χ1v) is 6.02. The van der Waals surface area contributed by atoms with Crippen molar-refractivity contribution in [3.8, 4) is 0 Å². The molecule has 2 N–H and O–H groups in total. The number of carbonyl (C=O) groups is 1. The van der Waals surface area contributed by atoms with E-state index in [1.54, 1.807) is 12.1 Å². The third kappa shape index (κ3) is 2.13. The first-order valence-electron chi connectivity index (χ1n) is 5.65. The van der Waals surface area contributed by atoms with Gasteiger partial charge in [-0.1, -0.05) is 30.2 Å². The van der Waals surface area contributed by atoms with Crippen molar-refractivity contribution in [1.29, 1.82) is 0 Å². The number of carbonyl (C=O) groups excluding carboxylic acids is 1. The predicted molar refractivity (Wildman–Crippen MR) is 65.7 cm³/mol. The third-order valence-electron chi connectivity index (χ3n) is 3.56. The topological polar surface area (TPSA) is 43.1 Å². The van der Waals surface area contributed by atoms with E-state index in [0.29, 0.717) is 23.6 Å². The molecule has 1 aliphatic carbocycles. The van der Waals surface area contributed by atoms with Crippen LogP contribution in [0, 0.1) is 5.41 Å². The van der Waals surface area contributed by atoms with E-state index in [1.807, 2.05) is 12.1 Å². The molecule has 2 rings (SSSR count). The summed E-state index contributed by atoms with van der Waals surface area (Å²) in [5.74, 6) is 0.121. The maximum absolute atomic E-state index is 12.1. The Bertz CT molecular complexity index is 393. The van der Waals surface area contributed by atoms with E-state index in [1.165, 1.54) is 6.42 Å². The smallest absolute Gasteiger partial charge is 0.164 e. The van der Waals surface area contributed by atoms with E-state index in [9.17, 15) is 4.79 Å². The van der Waals surface area contributed by atoms with Crippen molar-refractivity contribution in [3.05, 3.63) is 34.9 Å². The second-order valence-corrected chi connectivity index (χ2v) is 5.04. The Morgan fingerprint density at radius 1 is 1.38 bits per heavy atom. The number of halogens is 1. The van der Waals surface area contributed by atoms with Crippen molar-refractivity contribution < 1.29 is 4.79 Å². The Labute approximate surface area is 101 Å². The average molecular weight is 238 g/mol. The first kappa shape index (κ1) is 11.6. The maximum Gasteiger partial charge on any atom is 0.164 e. The first-order chi connectivity index (χ1) is 7.67. The van der Waals surface area contributed by atoms with Crippen LogP contribution in [0.25, 0.3) is 0 Å². The summed E-state index contributed by atoms with van der Waals surface area (Å²) in [6, 6.07) is 7.22. The number of hydrogen-bond acceptors (Lipinski definition) is 2. The van der Waals surface area contributed by atoms with Crippen molar-refractivity contribution in [2.24, 2.45) is 11.1 Å². The van der Waals surface area contributed by atoms with Crippen LogP contribution in [-0.2, 0) is 0 Å². The van der Waals surface area contributed by atoms with Gasteiger partial charge in [0.2, 0.25) is 0 Å². The Morgan fingerprint density at radius 3 is 2.56 bits per heavy atom. The minimum Gasteiger partial charge on any atom is -0.330 e. The predicted octanol–water partition coefficient (Wildman–Crippen LogP) is 3.04. The average Bonchev–Trinajstić information content (AvgIpc) is 2.24. The largest absolute Gasteiger partial charge is 0.330 e. The summed E-state index contributed by atoms with van der Waals surface area (Å²) in [6.45, 7) is 0.600. The molecule has 0 radical (unpaired) electrons. The molecule has 0 spiro atoms. The highest BCUT2D eigenvalue weighted by molar-refractivity contribution is 6.33. The highest BCUT2D eigenvalue weighted by atomic mass is 35.5. The van der Waals surface area contributed by atoms with Gasteiger partial charge in [-0.15, -0.1) is 0 Å². The summed E-state index contributed by atoms with van der Waals surface area (Å²) in [4.78, 5) is 12.1. The Hall–Kier alpha value is -0.860. The molecular weight excluding hydrogens is 222 g/mol. The fraction of sp³-hybridized carbons (Fsp3) is 0.462. The summed E-state index contributed by atoms with van der Waals surface area (Å²) in [5, 5.41) is 0.541. The van der Waals surface area contributed by atoms with Gasteiger partial charge in [0, 0.05) is 12.0 Å². The van der Waals surface area contributed by atoms with Crippen LogP contribution in [0.5, 0.6) is 0 Å². The van der Waals surface area contributed by atoms with Crippen LogP contribution in [0.3, 0.4) is 0 Å². The summed E-state index contributed by atoms with van der Waals surface area (Å²) in [7, 11) is 0. The monoisotopic (exact) mass is 237 g/mol. The molecular formula is C13H16ClNO. The molecule has 1 saturated carbocycles. The summed E-state index contributed by atoms with van der Waals surface area (Å²) in [6.07, 6.45) is 3.86. The zero-order chi connectivity index (χ0) is 11.6. The van der Waals surface area contributed by atoms with Gasteiger partial charge in [0.15, 0.2) is 5.78 Å². The lowest BCUT2D eigenvalue weighted by Gasteiger charge is -2.40. The highest BCUT2D eigenvalue weighted by Gasteiger charge is 2.37. The van der Waals surface area contributed by atoms with Crippen LogP contribution in [0.2, 0.25) is 5.02 Å². The van der Waals surface area contributed by atoms with E-state index in [-0.39, 0.29) is 11.2 Å². The second kappa shape index (κ2) is 4.56. The van der Waals surface area contributed by atoms with E-state index in [0.717, 1.165) is 12.8 Å². The van der Waals surface area contributed by atoms with Crippen LogP contribution in [-0.4, -0.2) is 12.3 Å². The van der Waals surface area contributed by atoms with Crippen LogP contribution < -0.4 is 5.73 Å². The van der Waals surface area contributed by atoms with Gasteiger partial charge < -0.3 is 5.73 Å². The lowest BCUT2D eigenvalue weighted by molar-refractivity contribution is 0.0786. The summed E-state index contributed by atoms with van der Waals surface area (Å²) < 4.78 is 0. The molecule has 3 heteroatoms. The number of Topliss-reactive ketones (excluding diaryl/α,β-unsaturated/α-hetero) is 1. The van der Waals surface area contributed by atoms with Crippen molar-refractivity contribution in [2.45, 2.75) is 25.7 Å². The summed E-state index contributed by atoms with van der Waals surface area (Å²) >= 11 is 6.00. The van der Waals surface area contributed by atoms with Gasteiger partial charge in [-0.2, -0.15) is 0 Å². The SMILES string of the molecule is NCC1(CC(=O)c2ccccc2Cl)CCC1. The molecule has 0 bridgehead atoms. The van der Waals surface area contributed by atoms with Gasteiger partial charge >= 0.3 is 0 Å². The Balaban J connectivity index is 2.11. The lowest BCUT2D eigenvalue weighted by Crippen LogP contribution is -2.39. The summed E-state index contributed by atoms with van der Waals surface area (Å²) in [5.41, 5.74) is 6.43. The van der Waals surface area contributed by atoms with Crippen LogP contribution in [0.1, 0.15) is 36.0 Å². The molecule has 0 aliphatic heterocycles. The van der Waals surface area contributed by atoms with Gasteiger partial charge in [0.05, 0.1) is 5.02 Å². The minimum atomic E-state index is 0.0518. The molecule has 0 aromatic heterocycles. The van der Waals surface area contributed by atoms with E-state index in [4.69, 9.17) is 17.3 Å². The van der Waals surface area contributed by atoms with Gasteiger partial charge in [0.1, 0.15) is 0 Å². The number of hydrogen-bond donors (Lipinski definition) is 1. The van der Waals surface area contributed by atoms with Crippen molar-refractivity contribution in [2.75, 3.05) is 6.54 Å². The molecule has 16 heavy (non-hydrogen) atoms. The zero-order valence-corrected chi connectivity index (χ0v) is 9.96. The van der Waals surface area contributed by atoms with Crippen LogP contribution in [0.15, 0.2) is 24.3 Å². The van der Waals surface area contributed by atoms with Gasteiger partial charge in [-0.25, -0.2) is 0 Å². The fourth-order valence-corrected chi connectivity index (χ4v) is 2.49. The van der Waals surface area contributed by atoms with Gasteiger partial charge in [-0.3, -0.25) is 4.79 Å². The van der Waals surface area contributed by atoms with Crippen molar-refractivity contribution in [1.82, 2.24) is 0 Å². The van der Waals surface area contributed by atoms with Crippen molar-refractivity contribution >= 4 is 17.4 Å². The minimum absolute atomic E-state index is 0.0518. The van der Waals surface area contributed by atoms with E-state index >= 15 is 0 Å². The second-order valence-electron chi connectivity index (χ2n) is 4.64. The molecule has 0 heterocycles. The lowest BCUT2D eigenvalue weighted by atomic mass is 9.65. The van der Waals surface area contributed by atoms with E-state index < -0.39 is 0 Å². The molecule has 0 saturated heterocycles. The maximum atomic E-state index is 12.1. The molecule has 0 atom stereocenters. The molecule has 1 aromatic rings. The quantitative estimate of drug-likeness (QED) is 0.818. The molecule has 0 unspecified atom stereocenters. The third-order valence-corrected chi connectivity index (χ3v) is 3.89. The number of benzene rings is 1. The normalized spacial score (nSPS) is 17.9. The Kier molecular flexibility index (Phi) is 3.31. The van der Waals surface area contributed by atoms with Crippen molar-refractivity contribution in [3.63, 3.8) is 0 Å². The molecule has 1 aliphatic rings. The molecule has 86 valence electrons. The van der Waals surface area contributed by atoms with Gasteiger partial charge in [-0.05, 0) is 36.9 Å². The van der Waals surface area contributed by atoms with Crippen LogP contribution in [0.4, 0.5) is 0 Å². The number of rotatable bonds is 4. The molecule has 2 nitrogen and oxygen atoms in total. The molecule has 1 fully saturated rings. The Morgan fingerprint density at radius 2 is 2.06 bits per heavy atom. The standard InChI is InChI=1S/C13H16ClNO/c14-11-5-2-1-4-10(11)12(16)8-13(9-15)6-3-7-13/h1-2,4-5H,3,6-9,15H2. The van der Waals surface area contributed by atoms with Gasteiger partial charge in [0.25, 0.3) is 0 Å². The fourth-order valence-electron chi connectivity index (χ4n) is 2.25. The highest BCUT2D eigenvalue weighted by Crippen LogP contribution is 2.43. The van der Waals surface area contributed by atoms with Crippen LogP contribution >= 0.6 is 11.6 Å². The molecule has 0 amide bonds. The number of ketones is 1. The number of nitrogens with two attached hydrogens (primary N) is 1. The molecule has 1 aromatic carbocycles. The van der Waals surface area contributed by atoms with E-state index in [2.05, 4.69) is 0 Å².